The van der Waals surface area contributed by atoms with Crippen molar-refractivity contribution in [1.29, 1.82) is 0 Å². The number of methoxy groups -OCH3 is 1. The summed E-state index contributed by atoms with van der Waals surface area (Å²) in [5.41, 5.74) is 2.03. The lowest BCUT2D eigenvalue weighted by atomic mass is 9.83. The third-order valence-electron chi connectivity index (χ3n) is 4.51. The molecule has 144 valence electrons. The van der Waals surface area contributed by atoms with Crippen LogP contribution in [-0.4, -0.2) is 24.6 Å². The molecular formula is C22H22N2O3S. The first-order valence-corrected chi connectivity index (χ1v) is 9.23. The van der Waals surface area contributed by atoms with Crippen LogP contribution in [0, 0.1) is 5.92 Å². The average Bonchev–Trinajstić information content (AvgIpc) is 2.71. The van der Waals surface area contributed by atoms with Gasteiger partial charge in [-0.05, 0) is 29.9 Å². The minimum Gasteiger partial charge on any atom is -0.493 e. The third kappa shape index (κ3) is 4.07. The zero-order valence-corrected chi connectivity index (χ0v) is 16.4. The van der Waals surface area contributed by atoms with Crippen LogP contribution in [0.3, 0.4) is 0 Å². The van der Waals surface area contributed by atoms with Gasteiger partial charge in [0.15, 0.2) is 22.4 Å². The molecular weight excluding hydrogens is 372 g/mol. The summed E-state index contributed by atoms with van der Waals surface area (Å²) in [6.07, 6.45) is 1.67. The minimum absolute atomic E-state index is 0.0379. The molecule has 1 fully saturated rings. The van der Waals surface area contributed by atoms with Crippen molar-refractivity contribution in [3.05, 3.63) is 84.6 Å². The molecule has 6 heteroatoms. The van der Waals surface area contributed by atoms with Gasteiger partial charge in [0.05, 0.1) is 19.1 Å². The number of carbonyl (C=O) groups excluding carboxylic acids is 1. The smallest absolute Gasteiger partial charge is 0.174 e. The van der Waals surface area contributed by atoms with Crippen molar-refractivity contribution in [2.45, 2.75) is 6.04 Å². The molecule has 28 heavy (non-hydrogen) atoms. The lowest BCUT2D eigenvalue weighted by Gasteiger charge is -2.35. The summed E-state index contributed by atoms with van der Waals surface area (Å²) in [7, 11) is 1.58. The predicted molar refractivity (Wildman–Crippen MR) is 114 cm³/mol. The minimum atomic E-state index is -0.529. The highest BCUT2D eigenvalue weighted by Gasteiger charge is 2.37. The number of hydrogen-bond acceptors (Lipinski definition) is 4. The fourth-order valence-corrected chi connectivity index (χ4v) is 3.46. The molecule has 2 aromatic carbocycles. The van der Waals surface area contributed by atoms with E-state index in [4.69, 9.17) is 21.7 Å². The van der Waals surface area contributed by atoms with Crippen LogP contribution in [0.4, 0.5) is 0 Å². The number of ketones is 1. The van der Waals surface area contributed by atoms with E-state index < -0.39 is 5.92 Å². The second-order valence-electron chi connectivity index (χ2n) is 6.32. The Labute approximate surface area is 170 Å². The van der Waals surface area contributed by atoms with Gasteiger partial charge in [-0.3, -0.25) is 4.79 Å². The number of thiocarbonyl (C=S) groups is 1. The number of benzene rings is 2. The summed E-state index contributed by atoms with van der Waals surface area (Å²) in [6, 6.07) is 14.3. The van der Waals surface area contributed by atoms with Gasteiger partial charge in [0.25, 0.3) is 0 Å². The number of ether oxygens (including phenoxy) is 2. The van der Waals surface area contributed by atoms with E-state index in [1.165, 1.54) is 0 Å². The summed E-state index contributed by atoms with van der Waals surface area (Å²) in [5.74, 6) is 0.609. The van der Waals surface area contributed by atoms with Crippen LogP contribution >= 0.6 is 12.2 Å². The van der Waals surface area contributed by atoms with E-state index in [0.29, 0.717) is 34.5 Å². The van der Waals surface area contributed by atoms with Gasteiger partial charge in [-0.2, -0.15) is 0 Å². The molecule has 3 rings (SSSR count). The Bertz CT molecular complexity index is 911. The summed E-state index contributed by atoms with van der Waals surface area (Å²) < 4.78 is 11.1. The molecule has 0 unspecified atom stereocenters. The van der Waals surface area contributed by atoms with Gasteiger partial charge in [0, 0.05) is 11.3 Å². The zero-order valence-electron chi connectivity index (χ0n) is 15.6. The second-order valence-corrected chi connectivity index (χ2v) is 6.73. The molecule has 0 radical (unpaired) electrons. The van der Waals surface area contributed by atoms with Gasteiger partial charge in [0.2, 0.25) is 0 Å². The maximum absolute atomic E-state index is 13.2. The number of rotatable bonds is 7. The maximum atomic E-state index is 13.2. The van der Waals surface area contributed by atoms with Gasteiger partial charge in [0.1, 0.15) is 6.61 Å². The van der Waals surface area contributed by atoms with E-state index in [-0.39, 0.29) is 11.8 Å². The second kappa shape index (κ2) is 8.71. The molecule has 1 aliphatic heterocycles. The Morgan fingerprint density at radius 1 is 1.21 bits per heavy atom. The third-order valence-corrected chi connectivity index (χ3v) is 4.73. The van der Waals surface area contributed by atoms with Gasteiger partial charge in [-0.15, -0.1) is 0 Å². The van der Waals surface area contributed by atoms with E-state index in [0.717, 1.165) is 5.56 Å². The van der Waals surface area contributed by atoms with Crippen molar-refractivity contribution in [2.24, 2.45) is 5.92 Å². The average molecular weight is 394 g/mol. The summed E-state index contributed by atoms with van der Waals surface area (Å²) in [6.45, 7) is 8.07. The fraction of sp³-hybridized carbons (Fsp3) is 0.182. The first-order valence-electron chi connectivity index (χ1n) is 8.82. The van der Waals surface area contributed by atoms with Crippen molar-refractivity contribution in [3.8, 4) is 11.5 Å². The zero-order chi connectivity index (χ0) is 20.1. The van der Waals surface area contributed by atoms with E-state index in [1.807, 2.05) is 36.4 Å². The van der Waals surface area contributed by atoms with Crippen LogP contribution in [0.5, 0.6) is 11.5 Å². The quantitative estimate of drug-likeness (QED) is 0.423. The maximum Gasteiger partial charge on any atom is 0.174 e. The van der Waals surface area contributed by atoms with Crippen LogP contribution in [0.15, 0.2) is 73.5 Å². The number of carbonyl (C=O) groups is 1. The molecule has 2 N–H and O–H groups in total. The Kier molecular flexibility index (Phi) is 6.11. The van der Waals surface area contributed by atoms with E-state index in [9.17, 15) is 4.79 Å². The Morgan fingerprint density at radius 2 is 1.96 bits per heavy atom. The van der Waals surface area contributed by atoms with E-state index in [2.05, 4.69) is 23.8 Å². The summed E-state index contributed by atoms with van der Waals surface area (Å²) >= 11 is 5.30. The van der Waals surface area contributed by atoms with Crippen molar-refractivity contribution in [3.63, 3.8) is 0 Å². The molecule has 1 aliphatic rings. The first-order chi connectivity index (χ1) is 13.5. The number of nitrogens with one attached hydrogen (secondary N) is 2. The van der Waals surface area contributed by atoms with Gasteiger partial charge < -0.3 is 20.1 Å². The van der Waals surface area contributed by atoms with Crippen LogP contribution in [0.25, 0.3) is 0 Å². The van der Waals surface area contributed by atoms with Gasteiger partial charge >= 0.3 is 0 Å². The predicted octanol–water partition coefficient (Wildman–Crippen LogP) is 3.79. The Balaban J connectivity index is 1.98. The molecule has 1 saturated heterocycles. The Hall–Kier alpha value is -3.12. The Morgan fingerprint density at radius 3 is 2.64 bits per heavy atom. The highest BCUT2D eigenvalue weighted by molar-refractivity contribution is 7.80. The monoisotopic (exact) mass is 394 g/mol. The highest BCUT2D eigenvalue weighted by Crippen LogP contribution is 2.36. The van der Waals surface area contributed by atoms with Crippen LogP contribution in [0.1, 0.15) is 22.0 Å². The topological polar surface area (TPSA) is 59.6 Å². The highest BCUT2D eigenvalue weighted by atomic mass is 32.1. The molecule has 0 aliphatic carbocycles. The van der Waals surface area contributed by atoms with Crippen LogP contribution in [0.2, 0.25) is 0 Å². The summed E-state index contributed by atoms with van der Waals surface area (Å²) in [4.78, 5) is 13.2. The number of Topliss-reactive ketones (excluding diaryl/α,β-unsaturated/α-hetero) is 1. The van der Waals surface area contributed by atoms with Gasteiger partial charge in [-0.1, -0.05) is 55.6 Å². The van der Waals surface area contributed by atoms with Crippen molar-refractivity contribution >= 4 is 23.1 Å². The lowest BCUT2D eigenvalue weighted by molar-refractivity contribution is 0.0912. The normalized spacial score (nSPS) is 18.6. The van der Waals surface area contributed by atoms with Crippen molar-refractivity contribution in [2.75, 3.05) is 13.7 Å². The van der Waals surface area contributed by atoms with Gasteiger partial charge in [-0.25, -0.2) is 0 Å². The first kappa shape index (κ1) is 19.6. The molecule has 5 nitrogen and oxygen atoms in total. The number of hydrogen-bond donors (Lipinski definition) is 2. The molecule has 1 heterocycles. The molecule has 0 saturated carbocycles. The summed E-state index contributed by atoms with van der Waals surface area (Å²) in [5, 5.41) is 6.62. The molecule has 0 aromatic heterocycles. The van der Waals surface area contributed by atoms with Crippen molar-refractivity contribution in [1.82, 2.24) is 10.6 Å². The standard InChI is InChI=1S/C22H22N2O3S/c1-4-12-27-17-11-10-16(13-18(17)26-3)20-19(14(2)23-22(28)24-20)21(25)15-8-6-5-7-9-15/h4-11,13,19-20H,1-2,12H2,3H3,(H2,23,24,28)/t19-,20-/m1/s1. The molecule has 0 amide bonds. The SMILES string of the molecule is C=CCOc1ccc([C@H]2NC(=S)NC(=C)[C@H]2C(=O)c2ccccc2)cc1OC. The molecule has 0 bridgehead atoms. The van der Waals surface area contributed by atoms with E-state index >= 15 is 0 Å². The molecule has 2 aromatic rings. The van der Waals surface area contributed by atoms with Crippen molar-refractivity contribution < 1.29 is 14.3 Å². The fourth-order valence-electron chi connectivity index (χ4n) is 3.20. The molecule has 0 spiro atoms. The van der Waals surface area contributed by atoms with Crippen LogP contribution in [-0.2, 0) is 0 Å². The van der Waals surface area contributed by atoms with E-state index in [1.54, 1.807) is 25.3 Å². The lowest BCUT2D eigenvalue weighted by Crippen LogP contribution is -2.50. The molecule has 2 atom stereocenters. The van der Waals surface area contributed by atoms with Crippen LogP contribution < -0.4 is 20.1 Å². The largest absolute Gasteiger partial charge is 0.493 e.